The summed E-state index contributed by atoms with van der Waals surface area (Å²) >= 11 is 1.57. The molecule has 4 N–H and O–H groups in total. The molecule has 2 amide bonds. The topological polar surface area (TPSA) is 108 Å². The number of carbonyl (C=O) groups is 3. The lowest BCUT2D eigenvalue weighted by Crippen LogP contribution is -2.55. The summed E-state index contributed by atoms with van der Waals surface area (Å²) in [5, 5.41) is 17.6. The number of aliphatic carboxylic acids is 1. The fourth-order valence-electron chi connectivity index (χ4n) is 2.45. The van der Waals surface area contributed by atoms with Gasteiger partial charge in [0.25, 0.3) is 0 Å². The average molecular weight is 345 g/mol. The predicted molar refractivity (Wildman–Crippen MR) is 90.4 cm³/mol. The number of thioether (sulfide) groups is 1. The molecule has 1 heterocycles. The second kappa shape index (κ2) is 9.77. The van der Waals surface area contributed by atoms with Crippen LogP contribution in [0.15, 0.2) is 0 Å². The lowest BCUT2D eigenvalue weighted by Gasteiger charge is -2.24. The second-order valence-electron chi connectivity index (χ2n) is 6.06. The van der Waals surface area contributed by atoms with E-state index in [1.165, 1.54) is 0 Å². The number of carboxylic acids is 1. The van der Waals surface area contributed by atoms with Gasteiger partial charge in [-0.2, -0.15) is 11.8 Å². The molecule has 1 rings (SSSR count). The molecule has 0 aromatic rings. The van der Waals surface area contributed by atoms with Crippen LogP contribution in [0.5, 0.6) is 0 Å². The number of hydrogen-bond donors (Lipinski definition) is 4. The van der Waals surface area contributed by atoms with Crippen molar-refractivity contribution in [1.82, 2.24) is 16.0 Å². The minimum atomic E-state index is -1.07. The summed E-state index contributed by atoms with van der Waals surface area (Å²) in [6, 6.07) is -1.93. The molecule has 0 radical (unpaired) electrons. The van der Waals surface area contributed by atoms with Gasteiger partial charge in [0, 0.05) is 0 Å². The van der Waals surface area contributed by atoms with E-state index in [0.29, 0.717) is 12.2 Å². The van der Waals surface area contributed by atoms with Crippen molar-refractivity contribution in [2.24, 2.45) is 5.92 Å². The van der Waals surface area contributed by atoms with Gasteiger partial charge in [-0.3, -0.25) is 9.59 Å². The van der Waals surface area contributed by atoms with Crippen LogP contribution < -0.4 is 16.0 Å². The summed E-state index contributed by atoms with van der Waals surface area (Å²) in [6.45, 7) is 4.27. The molecule has 3 atom stereocenters. The first-order valence-corrected chi connectivity index (χ1v) is 9.32. The molecule has 8 heteroatoms. The van der Waals surface area contributed by atoms with E-state index in [1.54, 1.807) is 25.6 Å². The van der Waals surface area contributed by atoms with E-state index in [9.17, 15) is 19.5 Å². The molecule has 0 bridgehead atoms. The molecule has 0 saturated carbocycles. The van der Waals surface area contributed by atoms with Crippen LogP contribution in [0.3, 0.4) is 0 Å². The summed E-state index contributed by atoms with van der Waals surface area (Å²) in [7, 11) is 0. The molecule has 0 aliphatic carbocycles. The van der Waals surface area contributed by atoms with Crippen LogP contribution in [-0.2, 0) is 14.4 Å². The van der Waals surface area contributed by atoms with E-state index >= 15 is 0 Å². The zero-order chi connectivity index (χ0) is 17.4. The molecule has 23 heavy (non-hydrogen) atoms. The molecule has 7 nitrogen and oxygen atoms in total. The van der Waals surface area contributed by atoms with Crippen LogP contribution in [-0.4, -0.2) is 59.6 Å². The fraction of sp³-hybridized carbons (Fsp3) is 0.800. The molecule has 1 aliphatic rings. The smallest absolute Gasteiger partial charge is 0.326 e. The van der Waals surface area contributed by atoms with Crippen LogP contribution in [0.1, 0.15) is 33.1 Å². The van der Waals surface area contributed by atoms with Crippen molar-refractivity contribution in [1.29, 1.82) is 0 Å². The highest BCUT2D eigenvalue weighted by molar-refractivity contribution is 7.98. The average Bonchev–Trinajstić information content (AvgIpc) is 3.02. The lowest BCUT2D eigenvalue weighted by molar-refractivity contribution is -0.143. The van der Waals surface area contributed by atoms with Crippen molar-refractivity contribution in [2.75, 3.05) is 18.6 Å². The van der Waals surface area contributed by atoms with Gasteiger partial charge in [0.05, 0.1) is 6.04 Å². The highest BCUT2D eigenvalue weighted by Crippen LogP contribution is 2.08. The minimum Gasteiger partial charge on any atom is -0.480 e. The Kier molecular flexibility index (Phi) is 8.40. The van der Waals surface area contributed by atoms with Crippen LogP contribution in [0.25, 0.3) is 0 Å². The molecular weight excluding hydrogens is 318 g/mol. The number of amides is 2. The van der Waals surface area contributed by atoms with Crippen LogP contribution >= 0.6 is 11.8 Å². The van der Waals surface area contributed by atoms with Crippen LogP contribution in [0.4, 0.5) is 0 Å². The second-order valence-corrected chi connectivity index (χ2v) is 7.05. The zero-order valence-electron chi connectivity index (χ0n) is 13.9. The summed E-state index contributed by atoms with van der Waals surface area (Å²) in [6.07, 6.45) is 4.08. The van der Waals surface area contributed by atoms with Crippen molar-refractivity contribution in [2.45, 2.75) is 51.2 Å². The predicted octanol–water partition coefficient (Wildman–Crippen LogP) is 0.202. The van der Waals surface area contributed by atoms with Crippen molar-refractivity contribution >= 4 is 29.5 Å². The van der Waals surface area contributed by atoms with Gasteiger partial charge in [0.15, 0.2) is 0 Å². The van der Waals surface area contributed by atoms with E-state index in [4.69, 9.17) is 0 Å². The Morgan fingerprint density at radius 3 is 2.48 bits per heavy atom. The largest absolute Gasteiger partial charge is 0.480 e. The minimum absolute atomic E-state index is 0.194. The Labute approximate surface area is 141 Å². The molecule has 0 spiro atoms. The third-order valence-corrected chi connectivity index (χ3v) is 4.49. The molecule has 1 aliphatic heterocycles. The normalized spacial score (nSPS) is 20.1. The first kappa shape index (κ1) is 19.8. The van der Waals surface area contributed by atoms with Crippen molar-refractivity contribution < 1.29 is 19.5 Å². The van der Waals surface area contributed by atoms with E-state index in [-0.39, 0.29) is 17.9 Å². The van der Waals surface area contributed by atoms with Gasteiger partial charge >= 0.3 is 5.97 Å². The fourth-order valence-corrected chi connectivity index (χ4v) is 2.92. The zero-order valence-corrected chi connectivity index (χ0v) is 14.7. The van der Waals surface area contributed by atoms with E-state index in [1.807, 2.05) is 6.26 Å². The van der Waals surface area contributed by atoms with Crippen LogP contribution in [0.2, 0.25) is 0 Å². The number of carboxylic acid groups (broad SMARTS) is 1. The summed E-state index contributed by atoms with van der Waals surface area (Å²) in [4.78, 5) is 35.8. The summed E-state index contributed by atoms with van der Waals surface area (Å²) < 4.78 is 0. The Bertz CT molecular complexity index is 425. The molecule has 1 saturated heterocycles. The maximum atomic E-state index is 12.4. The number of rotatable bonds is 9. The third-order valence-electron chi connectivity index (χ3n) is 3.85. The first-order valence-electron chi connectivity index (χ1n) is 7.92. The van der Waals surface area contributed by atoms with Gasteiger partial charge in [-0.25, -0.2) is 4.79 Å². The van der Waals surface area contributed by atoms with Gasteiger partial charge in [0.2, 0.25) is 11.8 Å². The maximum Gasteiger partial charge on any atom is 0.326 e. The number of nitrogens with one attached hydrogen (secondary N) is 3. The standard InChI is InChI=1S/C15H27N3O4S/c1-9(2)12(15(21)22)18-14(20)11(6-8-23-3)17-13(19)10-5-4-7-16-10/h9-12,16H,4-8H2,1-3H3,(H,17,19)(H,18,20)(H,21,22)/t10-,11-,12-/m0/s1. The van der Waals surface area contributed by atoms with Gasteiger partial charge in [0.1, 0.15) is 12.1 Å². The summed E-state index contributed by atoms with van der Waals surface area (Å²) in [5.74, 6) is -1.23. The van der Waals surface area contributed by atoms with Gasteiger partial charge in [-0.1, -0.05) is 13.8 Å². The van der Waals surface area contributed by atoms with E-state index < -0.39 is 24.0 Å². The molecule has 132 valence electrons. The number of carbonyl (C=O) groups excluding carboxylic acids is 2. The lowest BCUT2D eigenvalue weighted by atomic mass is 10.0. The van der Waals surface area contributed by atoms with Crippen molar-refractivity contribution in [3.05, 3.63) is 0 Å². The Hall–Kier alpha value is -1.28. The first-order chi connectivity index (χ1) is 10.9. The van der Waals surface area contributed by atoms with Crippen molar-refractivity contribution in [3.8, 4) is 0 Å². The highest BCUT2D eigenvalue weighted by atomic mass is 32.2. The van der Waals surface area contributed by atoms with Crippen LogP contribution in [0, 0.1) is 5.92 Å². The molecular formula is C15H27N3O4S. The number of hydrogen-bond acceptors (Lipinski definition) is 5. The Morgan fingerprint density at radius 2 is 2.00 bits per heavy atom. The Balaban J connectivity index is 2.68. The van der Waals surface area contributed by atoms with Gasteiger partial charge < -0.3 is 21.1 Å². The van der Waals surface area contributed by atoms with Gasteiger partial charge in [-0.05, 0) is 43.7 Å². The monoisotopic (exact) mass is 345 g/mol. The van der Waals surface area contributed by atoms with E-state index in [0.717, 1.165) is 19.4 Å². The SMILES string of the molecule is CSCC[C@H](NC(=O)[C@@H]1CCCN1)C(=O)N[C@H](C(=O)O)C(C)C. The molecule has 0 aromatic heterocycles. The highest BCUT2D eigenvalue weighted by Gasteiger charge is 2.30. The molecule has 0 unspecified atom stereocenters. The van der Waals surface area contributed by atoms with E-state index in [2.05, 4.69) is 16.0 Å². The van der Waals surface area contributed by atoms with Crippen molar-refractivity contribution in [3.63, 3.8) is 0 Å². The quantitative estimate of drug-likeness (QED) is 0.476. The Morgan fingerprint density at radius 1 is 1.30 bits per heavy atom. The summed E-state index contributed by atoms with van der Waals surface area (Å²) in [5.41, 5.74) is 0. The maximum absolute atomic E-state index is 12.4. The molecule has 0 aromatic carbocycles. The molecule has 1 fully saturated rings. The van der Waals surface area contributed by atoms with Gasteiger partial charge in [-0.15, -0.1) is 0 Å². The third kappa shape index (κ3) is 6.39.